The Kier molecular flexibility index (Phi) is 6.16. The van der Waals surface area contributed by atoms with Gasteiger partial charge in [0.25, 0.3) is 10.0 Å². The monoisotopic (exact) mass is 517 g/mol. The van der Waals surface area contributed by atoms with Gasteiger partial charge in [-0.2, -0.15) is 0 Å². The largest absolute Gasteiger partial charge is 0.506 e. The van der Waals surface area contributed by atoms with Crippen molar-refractivity contribution in [2.75, 3.05) is 18.4 Å². The molecule has 1 aromatic carbocycles. The van der Waals surface area contributed by atoms with Gasteiger partial charge in [0.1, 0.15) is 22.1 Å². The number of pyridine rings is 1. The smallest absolute Gasteiger partial charge is 0.264 e. The highest BCUT2D eigenvalue weighted by Crippen LogP contribution is 2.36. The van der Waals surface area contributed by atoms with Crippen molar-refractivity contribution >= 4 is 38.7 Å². The summed E-state index contributed by atoms with van der Waals surface area (Å²) in [7, 11) is -2.55. The highest BCUT2D eigenvalue weighted by atomic mass is 32.2. The van der Waals surface area contributed by atoms with Crippen LogP contribution in [-0.4, -0.2) is 57.6 Å². The Bertz CT molecular complexity index is 1750. The maximum absolute atomic E-state index is 12.8. The number of hydrogen-bond donors (Lipinski definition) is 2. The van der Waals surface area contributed by atoms with Crippen molar-refractivity contribution in [1.82, 2.24) is 24.5 Å². The molecule has 4 heterocycles. The lowest BCUT2D eigenvalue weighted by molar-refractivity contribution is 0.330. The fraction of sp³-hybridized carbons (Fsp3) is 0.125. The number of imidazole rings is 1. The average molecular weight is 518 g/mol. The maximum atomic E-state index is 12.8. The van der Waals surface area contributed by atoms with Crippen LogP contribution in [0.2, 0.25) is 0 Å². The Morgan fingerprint density at radius 2 is 2.03 bits per heavy atom. The van der Waals surface area contributed by atoms with Gasteiger partial charge in [-0.3, -0.25) is 14.3 Å². The average Bonchev–Trinajstić information content (AvgIpc) is 3.27. The molecule has 13 heteroatoms. The van der Waals surface area contributed by atoms with Crippen LogP contribution in [0, 0.1) is 0 Å². The van der Waals surface area contributed by atoms with Gasteiger partial charge in [-0.25, -0.2) is 28.4 Å². The number of benzene rings is 1. The van der Waals surface area contributed by atoms with E-state index >= 15 is 0 Å². The second-order valence-electron chi connectivity index (χ2n) is 7.44. The second-order valence-corrected chi connectivity index (χ2v) is 9.12. The molecular formula is C24H19N7O5S. The van der Waals surface area contributed by atoms with E-state index in [1.807, 2.05) is 6.92 Å². The van der Waals surface area contributed by atoms with Crippen LogP contribution >= 0.6 is 0 Å². The van der Waals surface area contributed by atoms with E-state index in [4.69, 9.17) is 9.47 Å². The van der Waals surface area contributed by atoms with Gasteiger partial charge in [0.05, 0.1) is 26.0 Å². The van der Waals surface area contributed by atoms with Crippen LogP contribution < -0.4 is 9.46 Å². The number of methoxy groups -OCH3 is 1. The number of anilines is 1. The summed E-state index contributed by atoms with van der Waals surface area (Å²) in [5, 5.41) is 10.8. The number of sulfonamides is 1. The lowest BCUT2D eigenvalue weighted by atomic mass is 10.2. The molecule has 0 radical (unpaired) electrons. The van der Waals surface area contributed by atoms with Gasteiger partial charge in [0, 0.05) is 12.4 Å². The number of phenols is 1. The summed E-state index contributed by atoms with van der Waals surface area (Å²) in [5.41, 5.74) is 6.44. The number of nitrogens with zero attached hydrogens (tertiary/aromatic N) is 6. The molecule has 5 rings (SSSR count). The standard InChI is InChI=1S/C24H19N7O5S/c1-3-36-20-11-4-8-16(27-20)23-29-22-24(31(23)21-17(32)9-5-10-18(21)35-2)28-19(14-26-22)30-37(33,34)15-7-6-12-25-13-15/h5-7,9-14,32H,3H2,1-2H3,(H,28,30). The summed E-state index contributed by atoms with van der Waals surface area (Å²) in [5.74, 6) is 0.566. The molecule has 12 nitrogen and oxygen atoms in total. The minimum absolute atomic E-state index is 0.0458. The third kappa shape index (κ3) is 4.53. The minimum atomic E-state index is -4.00. The molecule has 4 aromatic rings. The lowest BCUT2D eigenvalue weighted by Crippen LogP contribution is -2.14. The van der Waals surface area contributed by atoms with Crippen molar-refractivity contribution in [2.45, 2.75) is 11.8 Å². The van der Waals surface area contributed by atoms with Crippen LogP contribution in [0.1, 0.15) is 12.7 Å². The molecule has 0 bridgehead atoms. The summed E-state index contributed by atoms with van der Waals surface area (Å²) in [6, 6.07) is 7.64. The molecule has 0 saturated heterocycles. The SMILES string of the molecule is CCOC1=NC(c2nc3ncc(NS(=O)(=O)c4cccnc4)nc3n2-c2c(O)cccc2OC)=C=C=C1. The summed E-state index contributed by atoms with van der Waals surface area (Å²) in [6.07, 6.45) is 5.45. The minimum Gasteiger partial charge on any atom is -0.506 e. The molecule has 2 N–H and O–H groups in total. The van der Waals surface area contributed by atoms with Crippen LogP contribution in [0.5, 0.6) is 11.5 Å². The summed E-state index contributed by atoms with van der Waals surface area (Å²) >= 11 is 0. The number of aromatic hydroxyl groups is 1. The van der Waals surface area contributed by atoms with E-state index in [1.165, 1.54) is 54.5 Å². The topological polar surface area (TPSA) is 154 Å². The first kappa shape index (κ1) is 23.8. The number of hydrogen-bond acceptors (Lipinski definition) is 10. The van der Waals surface area contributed by atoms with Gasteiger partial charge < -0.3 is 14.6 Å². The maximum Gasteiger partial charge on any atom is 0.264 e. The lowest BCUT2D eigenvalue weighted by Gasteiger charge is -2.14. The highest BCUT2D eigenvalue weighted by Gasteiger charge is 2.25. The number of fused-ring (bicyclic) bond motifs is 1. The molecule has 0 spiro atoms. The summed E-state index contributed by atoms with van der Waals surface area (Å²) < 4.78 is 40.5. The molecule has 0 atom stereocenters. The quantitative estimate of drug-likeness (QED) is 0.352. The molecule has 0 saturated carbocycles. The van der Waals surface area contributed by atoms with Gasteiger partial charge in [0.15, 0.2) is 28.6 Å². The number of phenolic OH excluding ortho intramolecular Hbond substituents is 1. The Morgan fingerprint density at radius 1 is 1.16 bits per heavy atom. The van der Waals surface area contributed by atoms with Crippen LogP contribution in [0.25, 0.3) is 22.7 Å². The normalized spacial score (nSPS) is 12.8. The van der Waals surface area contributed by atoms with Gasteiger partial charge in [-0.15, -0.1) is 0 Å². The number of nitrogens with one attached hydrogen (secondary N) is 1. The predicted octanol–water partition coefficient (Wildman–Crippen LogP) is 2.83. The van der Waals surface area contributed by atoms with Crippen molar-refractivity contribution in [3.8, 4) is 17.2 Å². The predicted molar refractivity (Wildman–Crippen MR) is 134 cm³/mol. The van der Waals surface area contributed by atoms with E-state index in [2.05, 4.69) is 41.1 Å². The van der Waals surface area contributed by atoms with Gasteiger partial charge in [0.2, 0.25) is 5.90 Å². The van der Waals surface area contributed by atoms with E-state index in [1.54, 1.807) is 12.1 Å². The van der Waals surface area contributed by atoms with Crippen LogP contribution in [0.4, 0.5) is 5.82 Å². The molecule has 186 valence electrons. The molecule has 3 aromatic heterocycles. The Balaban J connectivity index is 1.73. The molecule has 1 aliphatic rings. The molecule has 1 aliphatic heterocycles. The van der Waals surface area contributed by atoms with E-state index in [0.29, 0.717) is 18.3 Å². The molecule has 37 heavy (non-hydrogen) atoms. The zero-order chi connectivity index (χ0) is 26.0. The fourth-order valence-electron chi connectivity index (χ4n) is 3.54. The van der Waals surface area contributed by atoms with E-state index in [0.717, 1.165) is 0 Å². The van der Waals surface area contributed by atoms with Crippen molar-refractivity contribution in [1.29, 1.82) is 0 Å². The molecular weight excluding hydrogens is 498 g/mol. The van der Waals surface area contributed by atoms with Crippen LogP contribution in [0.15, 0.2) is 76.3 Å². The highest BCUT2D eigenvalue weighted by molar-refractivity contribution is 7.92. The van der Waals surface area contributed by atoms with Gasteiger partial charge >= 0.3 is 0 Å². The molecule has 0 unspecified atom stereocenters. The van der Waals surface area contributed by atoms with Crippen molar-refractivity contribution < 1.29 is 23.0 Å². The second kappa shape index (κ2) is 9.59. The number of rotatable bonds is 7. The molecule has 0 fully saturated rings. The van der Waals surface area contributed by atoms with Crippen LogP contribution in [0.3, 0.4) is 0 Å². The Labute approximate surface area is 211 Å². The molecule has 0 aliphatic carbocycles. The van der Waals surface area contributed by atoms with E-state index in [-0.39, 0.29) is 45.0 Å². The Hall–Kier alpha value is -4.96. The Morgan fingerprint density at radius 3 is 2.78 bits per heavy atom. The van der Waals surface area contributed by atoms with E-state index < -0.39 is 10.0 Å². The number of ether oxygens (including phenoxy) is 2. The van der Waals surface area contributed by atoms with E-state index in [9.17, 15) is 13.5 Å². The third-order valence-corrected chi connectivity index (χ3v) is 6.43. The van der Waals surface area contributed by atoms with Gasteiger partial charge in [-0.1, -0.05) is 11.8 Å². The molecule has 0 amide bonds. The van der Waals surface area contributed by atoms with Crippen molar-refractivity contribution in [3.05, 3.63) is 72.3 Å². The van der Waals surface area contributed by atoms with Crippen molar-refractivity contribution in [2.24, 2.45) is 4.99 Å². The fourth-order valence-corrected chi connectivity index (χ4v) is 4.49. The first-order valence-electron chi connectivity index (χ1n) is 10.9. The third-order valence-electron chi connectivity index (χ3n) is 5.09. The number of para-hydroxylation sites is 1. The first-order valence-corrected chi connectivity index (χ1v) is 12.4. The van der Waals surface area contributed by atoms with Crippen molar-refractivity contribution in [3.63, 3.8) is 0 Å². The zero-order valence-electron chi connectivity index (χ0n) is 19.6. The number of aromatic nitrogens is 5. The van der Waals surface area contributed by atoms with Gasteiger partial charge in [-0.05, 0) is 36.9 Å². The first-order chi connectivity index (χ1) is 17.9. The number of aliphatic imine (C=N–C) groups is 1. The van der Waals surface area contributed by atoms with Crippen LogP contribution in [-0.2, 0) is 14.8 Å². The summed E-state index contributed by atoms with van der Waals surface area (Å²) in [6.45, 7) is 2.21. The summed E-state index contributed by atoms with van der Waals surface area (Å²) in [4.78, 5) is 21.5. The zero-order valence-corrected chi connectivity index (χ0v) is 20.4.